The number of rotatable bonds is 3. The van der Waals surface area contributed by atoms with Crippen LogP contribution >= 0.6 is 0 Å². The second-order valence-electron chi connectivity index (χ2n) is 2.87. The van der Waals surface area contributed by atoms with Crippen molar-refractivity contribution in [2.75, 3.05) is 0 Å². The molecule has 0 unspecified atom stereocenters. The minimum Gasteiger partial charge on any atom is -0.399 e. The van der Waals surface area contributed by atoms with Crippen LogP contribution in [0.4, 0.5) is 0 Å². The van der Waals surface area contributed by atoms with E-state index >= 15 is 0 Å². The second kappa shape index (κ2) is 5.02. The average Bonchev–Trinajstić information content (AvgIpc) is 2.20. The number of nitrogens with zero attached hydrogens (tertiary/aromatic N) is 1. The highest BCUT2D eigenvalue weighted by atomic mass is 14.7. The van der Waals surface area contributed by atoms with Crippen LogP contribution in [0, 0.1) is 0 Å². The fourth-order valence-electron chi connectivity index (χ4n) is 1.06. The van der Waals surface area contributed by atoms with Gasteiger partial charge in [0.25, 0.3) is 0 Å². The first kappa shape index (κ1) is 10.3. The minimum atomic E-state index is 0.542. The number of aromatic nitrogens is 1. The van der Waals surface area contributed by atoms with Crippen molar-refractivity contribution in [2.45, 2.75) is 6.92 Å². The van der Waals surface area contributed by atoms with Gasteiger partial charge < -0.3 is 5.73 Å². The molecule has 0 saturated carbocycles. The van der Waals surface area contributed by atoms with E-state index in [1.54, 1.807) is 12.3 Å². The lowest BCUT2D eigenvalue weighted by molar-refractivity contribution is 1.28. The summed E-state index contributed by atoms with van der Waals surface area (Å²) in [6.45, 7) is 5.56. The van der Waals surface area contributed by atoms with Crippen molar-refractivity contribution in [1.82, 2.24) is 4.98 Å². The fourth-order valence-corrected chi connectivity index (χ4v) is 1.06. The average molecular weight is 186 g/mol. The number of hydrogen-bond acceptors (Lipinski definition) is 2. The Balaban J connectivity index is 2.90. The Morgan fingerprint density at radius 2 is 2.21 bits per heavy atom. The summed E-state index contributed by atoms with van der Waals surface area (Å²) in [5.41, 5.74) is 7.96. The third kappa shape index (κ3) is 2.90. The molecular formula is C12H14N2. The monoisotopic (exact) mass is 186 g/mol. The molecule has 1 aromatic rings. The van der Waals surface area contributed by atoms with Crippen molar-refractivity contribution >= 4 is 5.57 Å². The van der Waals surface area contributed by atoms with Crippen LogP contribution in [0.25, 0.3) is 5.57 Å². The normalized spacial score (nSPS) is 11.9. The van der Waals surface area contributed by atoms with Gasteiger partial charge in [0.05, 0.1) is 5.69 Å². The molecule has 0 bridgehead atoms. The quantitative estimate of drug-likeness (QED) is 0.737. The summed E-state index contributed by atoms with van der Waals surface area (Å²) in [6, 6.07) is 5.80. The summed E-state index contributed by atoms with van der Waals surface area (Å²) in [5.74, 6) is 0. The molecule has 0 aliphatic carbocycles. The maximum atomic E-state index is 5.44. The molecule has 0 fully saturated rings. The van der Waals surface area contributed by atoms with Crippen LogP contribution in [0.2, 0.25) is 0 Å². The van der Waals surface area contributed by atoms with Gasteiger partial charge in [-0.3, -0.25) is 4.98 Å². The van der Waals surface area contributed by atoms with Gasteiger partial charge in [-0.05, 0) is 30.7 Å². The maximum absolute atomic E-state index is 5.44. The number of allylic oxidation sites excluding steroid dienone is 4. The topological polar surface area (TPSA) is 38.9 Å². The molecule has 2 N–H and O–H groups in total. The van der Waals surface area contributed by atoms with Gasteiger partial charge in [-0.2, -0.15) is 0 Å². The van der Waals surface area contributed by atoms with Gasteiger partial charge in [-0.25, -0.2) is 0 Å². The van der Waals surface area contributed by atoms with Gasteiger partial charge in [-0.1, -0.05) is 24.8 Å². The highest BCUT2D eigenvalue weighted by Crippen LogP contribution is 2.12. The van der Waals surface area contributed by atoms with Crippen LogP contribution in [-0.4, -0.2) is 4.98 Å². The lowest BCUT2D eigenvalue weighted by Crippen LogP contribution is -1.90. The van der Waals surface area contributed by atoms with E-state index < -0.39 is 0 Å². The van der Waals surface area contributed by atoms with Gasteiger partial charge >= 0.3 is 0 Å². The predicted molar refractivity (Wildman–Crippen MR) is 60.4 cm³/mol. The van der Waals surface area contributed by atoms with E-state index in [0.29, 0.717) is 5.70 Å². The van der Waals surface area contributed by atoms with Gasteiger partial charge in [0.15, 0.2) is 0 Å². The molecule has 1 aromatic heterocycles. The zero-order chi connectivity index (χ0) is 10.4. The smallest absolute Gasteiger partial charge is 0.0698 e. The van der Waals surface area contributed by atoms with Crippen LogP contribution in [0.5, 0.6) is 0 Å². The van der Waals surface area contributed by atoms with Crippen LogP contribution in [0.15, 0.2) is 54.9 Å². The third-order valence-electron chi connectivity index (χ3n) is 1.75. The van der Waals surface area contributed by atoms with E-state index in [0.717, 1.165) is 11.3 Å². The molecule has 14 heavy (non-hydrogen) atoms. The maximum Gasteiger partial charge on any atom is 0.0698 e. The van der Waals surface area contributed by atoms with E-state index in [1.807, 2.05) is 37.3 Å². The van der Waals surface area contributed by atoms with Crippen LogP contribution < -0.4 is 5.73 Å². The molecule has 2 heteroatoms. The first-order valence-electron chi connectivity index (χ1n) is 4.44. The zero-order valence-electron chi connectivity index (χ0n) is 8.27. The molecule has 0 amide bonds. The van der Waals surface area contributed by atoms with Crippen molar-refractivity contribution in [3.8, 4) is 0 Å². The largest absolute Gasteiger partial charge is 0.399 e. The third-order valence-corrected chi connectivity index (χ3v) is 1.75. The molecule has 1 heterocycles. The summed E-state index contributed by atoms with van der Waals surface area (Å²) in [5, 5.41) is 0. The molecule has 1 rings (SSSR count). The number of pyridine rings is 1. The molecule has 0 aromatic carbocycles. The van der Waals surface area contributed by atoms with Crippen LogP contribution in [0.1, 0.15) is 12.6 Å². The molecule has 0 spiro atoms. The Labute approximate surface area is 84.5 Å². The minimum absolute atomic E-state index is 0.542. The summed E-state index contributed by atoms with van der Waals surface area (Å²) < 4.78 is 0. The molecule has 0 atom stereocenters. The molecule has 0 saturated heterocycles. The summed E-state index contributed by atoms with van der Waals surface area (Å²) in [6.07, 6.45) is 7.43. The Morgan fingerprint density at radius 1 is 1.43 bits per heavy atom. The van der Waals surface area contributed by atoms with Gasteiger partial charge in [-0.15, -0.1) is 0 Å². The Morgan fingerprint density at radius 3 is 2.71 bits per heavy atom. The lowest BCUT2D eigenvalue weighted by atomic mass is 10.1. The zero-order valence-corrected chi connectivity index (χ0v) is 8.27. The van der Waals surface area contributed by atoms with E-state index in [-0.39, 0.29) is 0 Å². The first-order chi connectivity index (χ1) is 6.74. The predicted octanol–water partition coefficient (Wildman–Crippen LogP) is 2.51. The van der Waals surface area contributed by atoms with Crippen LogP contribution in [0.3, 0.4) is 0 Å². The Hall–Kier alpha value is -1.83. The summed E-state index contributed by atoms with van der Waals surface area (Å²) in [7, 11) is 0. The number of hydrogen-bond donors (Lipinski definition) is 1. The molecule has 2 nitrogen and oxygen atoms in total. The van der Waals surface area contributed by atoms with E-state index in [4.69, 9.17) is 5.73 Å². The Kier molecular flexibility index (Phi) is 3.68. The van der Waals surface area contributed by atoms with E-state index in [9.17, 15) is 0 Å². The van der Waals surface area contributed by atoms with Crippen LogP contribution in [-0.2, 0) is 0 Å². The second-order valence-corrected chi connectivity index (χ2v) is 2.87. The highest BCUT2D eigenvalue weighted by Gasteiger charge is 1.95. The molecule has 0 aliphatic rings. The Bertz CT molecular complexity index is 361. The molecule has 72 valence electrons. The fraction of sp³-hybridized carbons (Fsp3) is 0.0833. The first-order valence-corrected chi connectivity index (χ1v) is 4.44. The number of nitrogens with two attached hydrogens (primary N) is 1. The summed E-state index contributed by atoms with van der Waals surface area (Å²) in [4.78, 5) is 4.24. The van der Waals surface area contributed by atoms with Gasteiger partial charge in [0, 0.05) is 11.9 Å². The highest BCUT2D eigenvalue weighted by molar-refractivity contribution is 5.71. The molecular weight excluding hydrogens is 172 g/mol. The van der Waals surface area contributed by atoms with Gasteiger partial charge in [0.1, 0.15) is 0 Å². The molecule has 0 radical (unpaired) electrons. The SMILES string of the molecule is C=C(N)/C=C\C(=C/C)c1ccccn1. The van der Waals surface area contributed by atoms with E-state index in [1.165, 1.54) is 0 Å². The van der Waals surface area contributed by atoms with Crippen molar-refractivity contribution in [2.24, 2.45) is 5.73 Å². The standard InChI is InChI=1S/C12H14N2/c1-3-11(8-7-10(2)13)12-6-4-5-9-14-12/h3-9H,2,13H2,1H3/b8-7-,11-3+. The molecule has 0 aliphatic heterocycles. The van der Waals surface area contributed by atoms with Crippen molar-refractivity contribution in [3.05, 3.63) is 60.6 Å². The van der Waals surface area contributed by atoms with Crippen molar-refractivity contribution in [3.63, 3.8) is 0 Å². The van der Waals surface area contributed by atoms with E-state index in [2.05, 4.69) is 11.6 Å². The lowest BCUT2D eigenvalue weighted by Gasteiger charge is -1.99. The van der Waals surface area contributed by atoms with Crippen molar-refractivity contribution in [1.29, 1.82) is 0 Å². The van der Waals surface area contributed by atoms with Crippen molar-refractivity contribution < 1.29 is 0 Å². The van der Waals surface area contributed by atoms with Gasteiger partial charge in [0.2, 0.25) is 0 Å². The summed E-state index contributed by atoms with van der Waals surface area (Å²) >= 11 is 0.